The van der Waals surface area contributed by atoms with Crippen LogP contribution >= 0.6 is 0 Å². The summed E-state index contributed by atoms with van der Waals surface area (Å²) < 4.78 is 40.3. The van der Waals surface area contributed by atoms with E-state index in [1.54, 1.807) is 0 Å². The number of phenolic OH excluding ortho intramolecular Hbond substituents is 3. The van der Waals surface area contributed by atoms with Gasteiger partial charge in [0.25, 0.3) is 0 Å². The Morgan fingerprint density at radius 3 is 1.88 bits per heavy atom. The summed E-state index contributed by atoms with van der Waals surface area (Å²) in [7, 11) is 0. The Kier molecular flexibility index (Phi) is 11.0. The van der Waals surface area contributed by atoms with E-state index in [0.717, 1.165) is 12.1 Å². The zero-order chi connectivity index (χ0) is 37.8. The molecule has 19 nitrogen and oxygen atoms in total. The van der Waals surface area contributed by atoms with Crippen molar-refractivity contribution >= 4 is 11.0 Å². The molecule has 3 aliphatic heterocycles. The molecule has 3 saturated heterocycles. The van der Waals surface area contributed by atoms with E-state index in [1.807, 2.05) is 0 Å². The van der Waals surface area contributed by atoms with Crippen molar-refractivity contribution in [3.63, 3.8) is 0 Å². The van der Waals surface area contributed by atoms with E-state index in [0.29, 0.717) is 0 Å². The fraction of sp³-hybridized carbons (Fsp3) is 0.545. The molecule has 3 aliphatic rings. The van der Waals surface area contributed by atoms with Gasteiger partial charge in [0.1, 0.15) is 83.2 Å². The second-order valence-electron chi connectivity index (χ2n) is 12.9. The number of hydrogen-bond donors (Lipinski definition) is 11. The lowest BCUT2D eigenvalue weighted by Gasteiger charge is -2.46. The van der Waals surface area contributed by atoms with Crippen LogP contribution in [0.3, 0.4) is 0 Å². The van der Waals surface area contributed by atoms with Gasteiger partial charge in [-0.1, -0.05) is 0 Å². The topological polar surface area (TPSA) is 308 Å². The van der Waals surface area contributed by atoms with Crippen LogP contribution in [0.15, 0.2) is 45.6 Å². The molecule has 2 aromatic carbocycles. The lowest BCUT2D eigenvalue weighted by molar-refractivity contribution is -0.360. The van der Waals surface area contributed by atoms with E-state index in [2.05, 4.69) is 0 Å². The number of phenols is 3. The summed E-state index contributed by atoms with van der Waals surface area (Å²) in [5.41, 5.74) is -1.15. The standard InChI is InChI=1S/C33H40O19/c1-10-19(37)23(41)26(44)31(47-10)46-9-17-21(39)25(43)30(52-32-27(45)24(42)20(38)11(2)48-32)33(50-17)51-29-22(40)18-15(36)7-14(35)8-16(18)49-28(29)12-3-5-13(34)6-4-12/h3-8,10-11,17,19-21,23-27,30-39,41-45H,9H2,1-2H3/t10-,11+,17+,19+,20+,21-,23+,24-,25-,26-,27+,30-,31-,32+,33+/m1/s1. The molecule has 6 rings (SSSR count). The molecule has 0 bridgehead atoms. The fourth-order valence-corrected chi connectivity index (χ4v) is 6.20. The Bertz CT molecular complexity index is 1760. The highest BCUT2D eigenvalue weighted by molar-refractivity contribution is 5.88. The van der Waals surface area contributed by atoms with Crippen molar-refractivity contribution in [2.45, 2.75) is 106 Å². The van der Waals surface area contributed by atoms with Gasteiger partial charge in [-0.25, -0.2) is 0 Å². The number of aromatic hydroxyl groups is 3. The summed E-state index contributed by atoms with van der Waals surface area (Å²) in [6.07, 6.45) is -24.7. The van der Waals surface area contributed by atoms with E-state index in [4.69, 9.17) is 32.8 Å². The Labute approximate surface area is 293 Å². The third-order valence-electron chi connectivity index (χ3n) is 9.26. The quantitative estimate of drug-likeness (QED) is 0.113. The number of aliphatic hydroxyl groups is 8. The van der Waals surface area contributed by atoms with E-state index >= 15 is 0 Å². The number of fused-ring (bicyclic) bond motifs is 1. The maximum atomic E-state index is 14.0. The largest absolute Gasteiger partial charge is 0.508 e. The Morgan fingerprint density at radius 2 is 1.25 bits per heavy atom. The summed E-state index contributed by atoms with van der Waals surface area (Å²) >= 11 is 0. The normalized spacial score (nSPS) is 38.3. The third kappa shape index (κ3) is 7.16. The van der Waals surface area contributed by atoms with Gasteiger partial charge in [-0.05, 0) is 38.1 Å². The predicted octanol–water partition coefficient (Wildman–Crippen LogP) is -2.54. The number of ether oxygens (including phenoxy) is 6. The molecule has 0 saturated carbocycles. The highest BCUT2D eigenvalue weighted by Gasteiger charge is 2.52. The van der Waals surface area contributed by atoms with Crippen molar-refractivity contribution in [1.29, 1.82) is 0 Å². The summed E-state index contributed by atoms with van der Waals surface area (Å²) in [5, 5.41) is 115. The molecular weight excluding hydrogens is 700 g/mol. The van der Waals surface area contributed by atoms with Crippen molar-refractivity contribution in [3.05, 3.63) is 46.6 Å². The summed E-state index contributed by atoms with van der Waals surface area (Å²) in [5.74, 6) is -2.27. The van der Waals surface area contributed by atoms with Crippen LogP contribution in [-0.4, -0.2) is 155 Å². The first kappa shape index (κ1) is 38.1. The van der Waals surface area contributed by atoms with E-state index in [1.165, 1.54) is 38.1 Å². The van der Waals surface area contributed by atoms with Gasteiger partial charge in [0, 0.05) is 17.7 Å². The van der Waals surface area contributed by atoms with Crippen LogP contribution in [0.5, 0.6) is 23.0 Å². The van der Waals surface area contributed by atoms with Crippen LogP contribution in [0.4, 0.5) is 0 Å². The van der Waals surface area contributed by atoms with Gasteiger partial charge in [-0.2, -0.15) is 0 Å². The van der Waals surface area contributed by atoms with Crippen molar-refractivity contribution in [3.8, 4) is 34.3 Å². The molecule has 3 fully saturated rings. The molecule has 15 atom stereocenters. The van der Waals surface area contributed by atoms with Crippen LogP contribution in [0.25, 0.3) is 22.3 Å². The third-order valence-corrected chi connectivity index (χ3v) is 9.26. The lowest BCUT2D eigenvalue weighted by atomic mass is 9.97. The maximum Gasteiger partial charge on any atom is 0.239 e. The summed E-state index contributed by atoms with van der Waals surface area (Å²) in [4.78, 5) is 14.0. The van der Waals surface area contributed by atoms with Crippen molar-refractivity contribution < 1.29 is 89.0 Å². The van der Waals surface area contributed by atoms with Crippen LogP contribution in [0.2, 0.25) is 0 Å². The lowest BCUT2D eigenvalue weighted by Crippen LogP contribution is -2.65. The molecule has 19 heteroatoms. The van der Waals surface area contributed by atoms with Gasteiger partial charge in [0.05, 0.1) is 18.8 Å². The Hall–Kier alpha value is -3.67. The van der Waals surface area contributed by atoms with Crippen LogP contribution in [0.1, 0.15) is 13.8 Å². The van der Waals surface area contributed by atoms with Crippen LogP contribution in [0, 0.1) is 0 Å². The van der Waals surface area contributed by atoms with Gasteiger partial charge in [-0.15, -0.1) is 0 Å². The van der Waals surface area contributed by atoms with Gasteiger partial charge < -0.3 is 89.0 Å². The first-order valence-electron chi connectivity index (χ1n) is 16.2. The zero-order valence-electron chi connectivity index (χ0n) is 27.5. The average Bonchev–Trinajstić information content (AvgIpc) is 3.10. The zero-order valence-corrected chi connectivity index (χ0v) is 27.5. The highest BCUT2D eigenvalue weighted by atomic mass is 16.8. The molecule has 4 heterocycles. The molecule has 0 radical (unpaired) electrons. The monoisotopic (exact) mass is 740 g/mol. The maximum absolute atomic E-state index is 14.0. The van der Waals surface area contributed by atoms with Crippen LogP contribution in [-0.2, 0) is 23.7 Å². The predicted molar refractivity (Wildman–Crippen MR) is 170 cm³/mol. The van der Waals surface area contributed by atoms with Crippen molar-refractivity contribution in [2.75, 3.05) is 6.61 Å². The van der Waals surface area contributed by atoms with Gasteiger partial charge in [-0.3, -0.25) is 4.79 Å². The first-order valence-corrected chi connectivity index (χ1v) is 16.2. The molecule has 52 heavy (non-hydrogen) atoms. The molecule has 0 amide bonds. The minimum Gasteiger partial charge on any atom is -0.508 e. The van der Waals surface area contributed by atoms with E-state index in [-0.39, 0.29) is 22.7 Å². The SMILES string of the molecule is C[C@@H]1O[C@@H](O[C@H]2[C@H](Oc3c(-c4ccc(O)cc4)oc4cc(O)cc(O)c4c3=O)O[C@@H](CO[C@@H]3O[C@H](C)[C@H](O)[C@H](O)[C@H]3O)[C@@H](O)[C@H]2O)[C@@H](O)[C@H](O)[C@H]1O. The van der Waals surface area contributed by atoms with Crippen LogP contribution < -0.4 is 10.2 Å². The first-order chi connectivity index (χ1) is 24.6. The molecule has 0 aliphatic carbocycles. The fourth-order valence-electron chi connectivity index (χ4n) is 6.20. The average molecular weight is 741 g/mol. The Morgan fingerprint density at radius 1 is 0.654 bits per heavy atom. The molecule has 0 unspecified atom stereocenters. The van der Waals surface area contributed by atoms with Crippen molar-refractivity contribution in [1.82, 2.24) is 0 Å². The van der Waals surface area contributed by atoms with Gasteiger partial charge in [0.2, 0.25) is 17.5 Å². The van der Waals surface area contributed by atoms with E-state index < -0.39 is 127 Å². The molecule has 11 N–H and O–H groups in total. The molecule has 286 valence electrons. The number of aliphatic hydroxyl groups excluding tert-OH is 8. The van der Waals surface area contributed by atoms with E-state index in [9.17, 15) is 61.0 Å². The number of benzene rings is 2. The molecule has 0 spiro atoms. The van der Waals surface area contributed by atoms with Crippen molar-refractivity contribution in [2.24, 2.45) is 0 Å². The molecule has 3 aromatic rings. The minimum absolute atomic E-state index is 0.138. The highest BCUT2D eigenvalue weighted by Crippen LogP contribution is 2.38. The second kappa shape index (κ2) is 15.0. The number of rotatable bonds is 8. The van der Waals surface area contributed by atoms with Gasteiger partial charge >= 0.3 is 0 Å². The summed E-state index contributed by atoms with van der Waals surface area (Å²) in [6, 6.07) is 7.16. The minimum atomic E-state index is -2.00. The Balaban J connectivity index is 1.38. The molecular formula is C33H40O19. The summed E-state index contributed by atoms with van der Waals surface area (Å²) in [6.45, 7) is 2.12. The molecule has 1 aromatic heterocycles. The van der Waals surface area contributed by atoms with Gasteiger partial charge in [0.15, 0.2) is 24.4 Å². The second-order valence-corrected chi connectivity index (χ2v) is 12.9. The smallest absolute Gasteiger partial charge is 0.239 e. The number of hydrogen-bond acceptors (Lipinski definition) is 19.